The summed E-state index contributed by atoms with van der Waals surface area (Å²) in [4.78, 5) is 22.3. The molecule has 0 spiro atoms. The van der Waals surface area contributed by atoms with E-state index in [1.54, 1.807) is 43.3 Å². The third-order valence-electron chi connectivity index (χ3n) is 3.44. The van der Waals surface area contributed by atoms with Crippen LogP contribution in [0.1, 0.15) is 18.1 Å². The number of benzene rings is 2. The summed E-state index contributed by atoms with van der Waals surface area (Å²) in [5, 5.41) is 6.15. The van der Waals surface area contributed by atoms with Gasteiger partial charge in [0.1, 0.15) is 6.61 Å². The molecule has 0 N–H and O–H groups in total. The molecule has 0 aliphatic rings. The minimum absolute atomic E-state index is 0.124. The molecule has 0 heterocycles. The fraction of sp³-hybridized carbons (Fsp3) is 0.222. The summed E-state index contributed by atoms with van der Waals surface area (Å²) in [5.41, 5.74) is 2.56. The van der Waals surface area contributed by atoms with Gasteiger partial charge in [0.25, 0.3) is 0 Å². The lowest BCUT2D eigenvalue weighted by atomic mass is 10.1. The lowest BCUT2D eigenvalue weighted by Crippen LogP contribution is -2.30. The van der Waals surface area contributed by atoms with Gasteiger partial charge in [-0.05, 0) is 31.2 Å². The zero-order valence-corrected chi connectivity index (χ0v) is 16.0. The molecule has 0 aliphatic heterocycles. The van der Waals surface area contributed by atoms with Gasteiger partial charge in [0, 0.05) is 21.2 Å². The first kappa shape index (κ1) is 20.0. The Bertz CT molecular complexity index is 791. The molecular weight excluding hydrogens is 379 g/mol. The molecule has 0 bridgehead atoms. The molecule has 0 saturated heterocycles. The number of hydrogen-bond donors (Lipinski definition) is 0. The number of hydrogen-bond acceptors (Lipinski definition) is 5. The molecule has 6 nitrogen and oxygen atoms in total. The van der Waals surface area contributed by atoms with E-state index in [4.69, 9.17) is 37.6 Å². The van der Waals surface area contributed by atoms with E-state index in [1.165, 1.54) is 14.2 Å². The summed E-state index contributed by atoms with van der Waals surface area (Å²) < 4.78 is 4.70. The first-order chi connectivity index (χ1) is 12.5. The van der Waals surface area contributed by atoms with Gasteiger partial charge in [-0.1, -0.05) is 46.6 Å². The lowest BCUT2D eigenvalue weighted by molar-refractivity contribution is 0.111. The second-order valence-corrected chi connectivity index (χ2v) is 6.06. The van der Waals surface area contributed by atoms with Crippen LogP contribution in [0, 0.1) is 0 Å². The van der Waals surface area contributed by atoms with Crippen LogP contribution >= 0.6 is 23.2 Å². The number of hydroxylamine groups is 1. The Labute approximate surface area is 161 Å². The van der Waals surface area contributed by atoms with Gasteiger partial charge in [-0.15, -0.1) is 0 Å². The van der Waals surface area contributed by atoms with Gasteiger partial charge in [-0.25, -0.2) is 4.79 Å². The van der Waals surface area contributed by atoms with Gasteiger partial charge < -0.3 is 9.57 Å². The summed E-state index contributed by atoms with van der Waals surface area (Å²) in [5.74, 6) is 0. The van der Waals surface area contributed by atoms with E-state index in [9.17, 15) is 4.79 Å². The van der Waals surface area contributed by atoms with E-state index in [1.807, 2.05) is 6.07 Å². The summed E-state index contributed by atoms with van der Waals surface area (Å²) in [7, 11) is 2.65. The highest BCUT2D eigenvalue weighted by Crippen LogP contribution is 2.23. The SMILES string of the molecule is COC(=O)N(OC)c1ccccc1CON=C(C)c1cc(Cl)cc(Cl)c1. The Kier molecular flexibility index (Phi) is 7.26. The highest BCUT2D eigenvalue weighted by atomic mass is 35.5. The number of oxime groups is 1. The molecule has 0 saturated carbocycles. The predicted octanol–water partition coefficient (Wildman–Crippen LogP) is 5.07. The van der Waals surface area contributed by atoms with Crippen molar-refractivity contribution in [3.05, 3.63) is 63.6 Å². The highest BCUT2D eigenvalue weighted by Gasteiger charge is 2.19. The van der Waals surface area contributed by atoms with Gasteiger partial charge >= 0.3 is 6.09 Å². The average molecular weight is 397 g/mol. The van der Waals surface area contributed by atoms with Crippen LogP contribution in [0.3, 0.4) is 0 Å². The first-order valence-electron chi connectivity index (χ1n) is 7.59. The van der Waals surface area contributed by atoms with Gasteiger partial charge in [0.2, 0.25) is 0 Å². The lowest BCUT2D eigenvalue weighted by Gasteiger charge is -2.20. The van der Waals surface area contributed by atoms with E-state index >= 15 is 0 Å². The number of carbonyl (C=O) groups is 1. The van der Waals surface area contributed by atoms with Crippen LogP contribution in [0.15, 0.2) is 47.6 Å². The third-order valence-corrected chi connectivity index (χ3v) is 3.87. The van der Waals surface area contributed by atoms with Crippen LogP contribution in [0.4, 0.5) is 10.5 Å². The topological polar surface area (TPSA) is 60.4 Å². The first-order valence-corrected chi connectivity index (χ1v) is 8.35. The fourth-order valence-electron chi connectivity index (χ4n) is 2.20. The second kappa shape index (κ2) is 9.43. The van der Waals surface area contributed by atoms with Crippen molar-refractivity contribution < 1.29 is 19.2 Å². The van der Waals surface area contributed by atoms with Crippen molar-refractivity contribution in [1.29, 1.82) is 0 Å². The minimum Gasteiger partial charge on any atom is -0.451 e. The van der Waals surface area contributed by atoms with E-state index in [0.717, 1.165) is 10.6 Å². The Hall–Kier alpha value is -2.28. The Balaban J connectivity index is 2.16. The quantitative estimate of drug-likeness (QED) is 0.505. The molecule has 26 heavy (non-hydrogen) atoms. The van der Waals surface area contributed by atoms with Crippen LogP contribution in [-0.2, 0) is 21.0 Å². The van der Waals surface area contributed by atoms with Crippen LogP contribution in [0.5, 0.6) is 0 Å². The van der Waals surface area contributed by atoms with Crippen molar-refractivity contribution in [2.45, 2.75) is 13.5 Å². The summed E-state index contributed by atoms with van der Waals surface area (Å²) in [6.45, 7) is 1.91. The smallest absolute Gasteiger partial charge is 0.438 e. The molecular formula is C18H18Cl2N2O4. The number of para-hydroxylation sites is 1. The zero-order chi connectivity index (χ0) is 19.1. The number of amides is 1. The van der Waals surface area contributed by atoms with Crippen LogP contribution in [0.25, 0.3) is 0 Å². The van der Waals surface area contributed by atoms with Gasteiger partial charge in [0.15, 0.2) is 0 Å². The Morgan fingerprint density at radius 3 is 2.38 bits per heavy atom. The van der Waals surface area contributed by atoms with Crippen LogP contribution < -0.4 is 5.06 Å². The van der Waals surface area contributed by atoms with E-state index in [2.05, 4.69) is 5.16 Å². The van der Waals surface area contributed by atoms with Crippen molar-refractivity contribution in [1.82, 2.24) is 0 Å². The molecule has 0 aromatic heterocycles. The number of anilines is 1. The zero-order valence-electron chi connectivity index (χ0n) is 14.5. The molecule has 1 amide bonds. The monoisotopic (exact) mass is 396 g/mol. The number of methoxy groups -OCH3 is 1. The summed E-state index contributed by atoms with van der Waals surface area (Å²) in [6.07, 6.45) is -0.645. The number of halogens is 2. The normalized spacial score (nSPS) is 11.2. The van der Waals surface area contributed by atoms with E-state index < -0.39 is 6.09 Å². The fourth-order valence-corrected chi connectivity index (χ4v) is 2.73. The van der Waals surface area contributed by atoms with Crippen molar-refractivity contribution in [2.75, 3.05) is 19.3 Å². The molecule has 0 radical (unpaired) electrons. The van der Waals surface area contributed by atoms with Crippen molar-refractivity contribution in [3.63, 3.8) is 0 Å². The maximum absolute atomic E-state index is 11.8. The number of ether oxygens (including phenoxy) is 1. The molecule has 0 atom stereocenters. The average Bonchev–Trinajstić information content (AvgIpc) is 2.62. The number of carbonyl (C=O) groups excluding carboxylic acids is 1. The Morgan fingerprint density at radius 2 is 1.77 bits per heavy atom. The van der Waals surface area contributed by atoms with Gasteiger partial charge in [-0.2, -0.15) is 5.06 Å². The minimum atomic E-state index is -0.645. The van der Waals surface area contributed by atoms with Gasteiger partial charge in [0.05, 0.1) is 25.6 Å². The van der Waals surface area contributed by atoms with Gasteiger partial charge in [-0.3, -0.25) is 4.84 Å². The van der Waals surface area contributed by atoms with Crippen molar-refractivity contribution in [2.24, 2.45) is 5.16 Å². The highest BCUT2D eigenvalue weighted by molar-refractivity contribution is 6.35. The standard InChI is InChI=1S/C18H18Cl2N2O4/c1-12(14-8-15(19)10-16(20)9-14)21-26-11-13-6-4-5-7-17(13)22(25-3)18(23)24-2/h4-10H,11H2,1-3H3. The summed E-state index contributed by atoms with van der Waals surface area (Å²) in [6, 6.07) is 12.2. The largest absolute Gasteiger partial charge is 0.451 e. The molecule has 2 rings (SSSR count). The molecule has 0 fully saturated rings. The molecule has 8 heteroatoms. The second-order valence-electron chi connectivity index (χ2n) is 5.18. The maximum atomic E-state index is 11.8. The molecule has 138 valence electrons. The molecule has 2 aromatic rings. The van der Waals surface area contributed by atoms with Crippen molar-refractivity contribution in [3.8, 4) is 0 Å². The summed E-state index contributed by atoms with van der Waals surface area (Å²) >= 11 is 12.0. The molecule has 0 aliphatic carbocycles. The van der Waals surface area contributed by atoms with E-state index in [-0.39, 0.29) is 6.61 Å². The number of nitrogens with zero attached hydrogens (tertiary/aromatic N) is 2. The maximum Gasteiger partial charge on any atom is 0.438 e. The molecule has 0 unspecified atom stereocenters. The van der Waals surface area contributed by atoms with Crippen LogP contribution in [-0.4, -0.2) is 26.0 Å². The van der Waals surface area contributed by atoms with Crippen molar-refractivity contribution >= 4 is 40.7 Å². The molecule has 2 aromatic carbocycles. The van der Waals surface area contributed by atoms with E-state index in [0.29, 0.717) is 27.0 Å². The predicted molar refractivity (Wildman–Crippen MR) is 102 cm³/mol. The van der Waals surface area contributed by atoms with Crippen LogP contribution in [0.2, 0.25) is 10.0 Å². The number of rotatable bonds is 6. The third kappa shape index (κ3) is 5.11. The Morgan fingerprint density at radius 1 is 1.12 bits per heavy atom.